The highest BCUT2D eigenvalue weighted by atomic mass is 16.5. The summed E-state index contributed by atoms with van der Waals surface area (Å²) in [5.74, 6) is 0.855. The molecule has 116 valence electrons. The van der Waals surface area contributed by atoms with E-state index in [0.717, 1.165) is 31.2 Å². The zero-order chi connectivity index (χ0) is 15.4. The first-order valence-electron chi connectivity index (χ1n) is 7.67. The normalized spacial score (nSPS) is 16.6. The van der Waals surface area contributed by atoms with Crippen LogP contribution in [0.4, 0.5) is 5.82 Å². The third kappa shape index (κ3) is 3.54. The van der Waals surface area contributed by atoms with E-state index in [4.69, 9.17) is 9.26 Å². The van der Waals surface area contributed by atoms with Gasteiger partial charge in [0, 0.05) is 6.07 Å². The Morgan fingerprint density at radius 2 is 2.05 bits per heavy atom. The Hall–Kier alpha value is -2.14. The molecule has 5 nitrogen and oxygen atoms in total. The monoisotopic (exact) mass is 300 g/mol. The lowest BCUT2D eigenvalue weighted by molar-refractivity contribution is -0.131. The van der Waals surface area contributed by atoms with Crippen LogP contribution in [0.2, 0.25) is 0 Å². The highest BCUT2D eigenvalue weighted by molar-refractivity contribution is 5.94. The number of hydrogen-bond acceptors (Lipinski definition) is 4. The van der Waals surface area contributed by atoms with Crippen molar-refractivity contribution >= 4 is 11.7 Å². The van der Waals surface area contributed by atoms with Crippen LogP contribution in [-0.4, -0.2) is 17.2 Å². The maximum absolute atomic E-state index is 12.6. The molecule has 0 bridgehead atoms. The van der Waals surface area contributed by atoms with Gasteiger partial charge in [-0.2, -0.15) is 0 Å². The minimum atomic E-state index is -0.624. The van der Waals surface area contributed by atoms with E-state index in [1.165, 1.54) is 0 Å². The molecule has 0 spiro atoms. The van der Waals surface area contributed by atoms with Crippen LogP contribution in [-0.2, 0) is 9.53 Å². The van der Waals surface area contributed by atoms with Gasteiger partial charge in [0.1, 0.15) is 5.76 Å². The van der Waals surface area contributed by atoms with Crippen molar-refractivity contribution in [3.63, 3.8) is 0 Å². The molecule has 1 amide bonds. The summed E-state index contributed by atoms with van der Waals surface area (Å²) in [5, 5.41) is 6.57. The molecular formula is C17H20N2O3. The molecule has 1 saturated carbocycles. The average Bonchev–Trinajstić information content (AvgIpc) is 3.17. The second kappa shape index (κ2) is 6.75. The number of carbonyl (C=O) groups is 1. The molecule has 0 aliphatic heterocycles. The summed E-state index contributed by atoms with van der Waals surface area (Å²) < 4.78 is 11.0. The largest absolute Gasteiger partial charge is 0.360 e. The topological polar surface area (TPSA) is 64.4 Å². The number of carbonyl (C=O) groups excluding carboxylic acids is 1. The maximum Gasteiger partial charge on any atom is 0.259 e. The van der Waals surface area contributed by atoms with Crippen molar-refractivity contribution in [2.24, 2.45) is 0 Å². The number of aromatic nitrogens is 1. The Morgan fingerprint density at radius 1 is 1.32 bits per heavy atom. The summed E-state index contributed by atoms with van der Waals surface area (Å²) in [4.78, 5) is 12.6. The first-order chi connectivity index (χ1) is 10.7. The zero-order valence-electron chi connectivity index (χ0n) is 12.6. The van der Waals surface area contributed by atoms with Crippen LogP contribution in [0.5, 0.6) is 0 Å². The fourth-order valence-corrected chi connectivity index (χ4v) is 2.75. The van der Waals surface area contributed by atoms with E-state index in [1.54, 1.807) is 13.0 Å². The summed E-state index contributed by atoms with van der Waals surface area (Å²) >= 11 is 0. The maximum atomic E-state index is 12.6. The van der Waals surface area contributed by atoms with Gasteiger partial charge in [0.15, 0.2) is 11.9 Å². The van der Waals surface area contributed by atoms with Crippen molar-refractivity contribution in [3.05, 3.63) is 47.7 Å². The molecule has 1 unspecified atom stereocenters. The molecule has 1 aromatic carbocycles. The van der Waals surface area contributed by atoms with E-state index in [1.807, 2.05) is 30.3 Å². The molecule has 1 aliphatic rings. The molecule has 1 N–H and O–H groups in total. The van der Waals surface area contributed by atoms with Gasteiger partial charge in [-0.25, -0.2) is 0 Å². The Morgan fingerprint density at radius 3 is 2.68 bits per heavy atom. The lowest BCUT2D eigenvalue weighted by Crippen LogP contribution is -2.26. The number of hydrogen-bond donors (Lipinski definition) is 1. The minimum absolute atomic E-state index is 0.148. The standard InChI is InChI=1S/C17H20N2O3/c1-12-11-15(19-22-12)18-17(20)16(13-7-3-2-4-8-13)21-14-9-5-6-10-14/h2-4,7-8,11,14,16H,5-6,9-10H2,1H3,(H,18,19,20). The van der Waals surface area contributed by atoms with Crippen molar-refractivity contribution < 1.29 is 14.1 Å². The van der Waals surface area contributed by atoms with Crippen LogP contribution in [0.3, 0.4) is 0 Å². The fraction of sp³-hybridized carbons (Fsp3) is 0.412. The van der Waals surface area contributed by atoms with E-state index in [2.05, 4.69) is 10.5 Å². The summed E-state index contributed by atoms with van der Waals surface area (Å²) in [6.07, 6.45) is 3.88. The quantitative estimate of drug-likeness (QED) is 0.916. The fourth-order valence-electron chi connectivity index (χ4n) is 2.75. The molecule has 1 aromatic heterocycles. The number of benzene rings is 1. The summed E-state index contributed by atoms with van der Waals surface area (Å²) in [7, 11) is 0. The Labute approximate surface area is 129 Å². The number of amides is 1. The van der Waals surface area contributed by atoms with Gasteiger partial charge < -0.3 is 14.6 Å². The van der Waals surface area contributed by atoms with Gasteiger partial charge in [0.05, 0.1) is 6.10 Å². The van der Waals surface area contributed by atoms with E-state index < -0.39 is 6.10 Å². The van der Waals surface area contributed by atoms with Crippen molar-refractivity contribution in [2.45, 2.75) is 44.8 Å². The molecular weight excluding hydrogens is 280 g/mol. The average molecular weight is 300 g/mol. The van der Waals surface area contributed by atoms with E-state index in [0.29, 0.717) is 11.6 Å². The molecule has 2 aromatic rings. The number of nitrogens with one attached hydrogen (secondary N) is 1. The number of aryl methyl sites for hydroxylation is 1. The number of rotatable bonds is 5. The van der Waals surface area contributed by atoms with Crippen LogP contribution >= 0.6 is 0 Å². The molecule has 0 saturated heterocycles. The molecule has 0 radical (unpaired) electrons. The van der Waals surface area contributed by atoms with E-state index >= 15 is 0 Å². The highest BCUT2D eigenvalue weighted by Gasteiger charge is 2.27. The van der Waals surface area contributed by atoms with Gasteiger partial charge in [-0.05, 0) is 25.3 Å². The molecule has 1 fully saturated rings. The van der Waals surface area contributed by atoms with Crippen LogP contribution < -0.4 is 5.32 Å². The van der Waals surface area contributed by atoms with Gasteiger partial charge in [0.2, 0.25) is 0 Å². The Balaban J connectivity index is 1.76. The summed E-state index contributed by atoms with van der Waals surface area (Å²) in [6, 6.07) is 11.3. The summed E-state index contributed by atoms with van der Waals surface area (Å²) in [6.45, 7) is 1.78. The molecule has 5 heteroatoms. The SMILES string of the molecule is Cc1cc(NC(=O)C(OC2CCCC2)c2ccccc2)no1. The number of ether oxygens (including phenoxy) is 1. The van der Waals surface area contributed by atoms with Crippen LogP contribution in [0, 0.1) is 6.92 Å². The third-order valence-corrected chi connectivity index (χ3v) is 3.85. The van der Waals surface area contributed by atoms with Crippen molar-refractivity contribution in [3.8, 4) is 0 Å². The first kappa shape index (κ1) is 14.8. The van der Waals surface area contributed by atoms with Crippen LogP contribution in [0.25, 0.3) is 0 Å². The Bertz CT molecular complexity index is 618. The zero-order valence-corrected chi connectivity index (χ0v) is 12.6. The van der Waals surface area contributed by atoms with Gasteiger partial charge >= 0.3 is 0 Å². The predicted molar refractivity (Wildman–Crippen MR) is 82.4 cm³/mol. The molecule has 22 heavy (non-hydrogen) atoms. The summed E-state index contributed by atoms with van der Waals surface area (Å²) in [5.41, 5.74) is 0.854. The van der Waals surface area contributed by atoms with Gasteiger partial charge in [-0.3, -0.25) is 4.79 Å². The lowest BCUT2D eigenvalue weighted by Gasteiger charge is -2.21. The van der Waals surface area contributed by atoms with Crippen molar-refractivity contribution in [1.82, 2.24) is 5.16 Å². The molecule has 1 heterocycles. The van der Waals surface area contributed by atoms with Gasteiger partial charge in [-0.15, -0.1) is 0 Å². The van der Waals surface area contributed by atoms with E-state index in [9.17, 15) is 4.79 Å². The number of anilines is 1. The molecule has 3 rings (SSSR count). The second-order valence-electron chi connectivity index (χ2n) is 5.65. The second-order valence-corrected chi connectivity index (χ2v) is 5.65. The minimum Gasteiger partial charge on any atom is -0.360 e. The number of nitrogens with zero attached hydrogens (tertiary/aromatic N) is 1. The van der Waals surface area contributed by atoms with Crippen LogP contribution in [0.1, 0.15) is 43.1 Å². The first-order valence-corrected chi connectivity index (χ1v) is 7.67. The van der Waals surface area contributed by atoms with Gasteiger partial charge in [-0.1, -0.05) is 48.3 Å². The molecule has 1 aliphatic carbocycles. The van der Waals surface area contributed by atoms with Gasteiger partial charge in [0.25, 0.3) is 5.91 Å². The smallest absolute Gasteiger partial charge is 0.259 e. The van der Waals surface area contributed by atoms with Crippen molar-refractivity contribution in [2.75, 3.05) is 5.32 Å². The van der Waals surface area contributed by atoms with Crippen LogP contribution in [0.15, 0.2) is 40.9 Å². The highest BCUT2D eigenvalue weighted by Crippen LogP contribution is 2.28. The third-order valence-electron chi connectivity index (χ3n) is 3.85. The predicted octanol–water partition coefficient (Wildman–Crippen LogP) is 3.62. The Kier molecular flexibility index (Phi) is 4.53. The van der Waals surface area contributed by atoms with E-state index in [-0.39, 0.29) is 12.0 Å². The molecule has 1 atom stereocenters. The lowest BCUT2D eigenvalue weighted by atomic mass is 10.1. The van der Waals surface area contributed by atoms with Crippen molar-refractivity contribution in [1.29, 1.82) is 0 Å².